The van der Waals surface area contributed by atoms with Crippen LogP contribution in [-0.2, 0) is 4.79 Å². The van der Waals surface area contributed by atoms with E-state index in [9.17, 15) is 19.6 Å². The number of hydrogen-bond acceptors (Lipinski definition) is 6. The van der Waals surface area contributed by atoms with Crippen molar-refractivity contribution in [1.29, 1.82) is 5.26 Å². The number of piperidine rings is 1. The van der Waals surface area contributed by atoms with Crippen molar-refractivity contribution in [2.45, 2.75) is 12.8 Å². The van der Waals surface area contributed by atoms with Gasteiger partial charge in [0.25, 0.3) is 11.8 Å². The number of nitrogens with zero attached hydrogens (tertiary/aromatic N) is 3. The third-order valence-corrected chi connectivity index (χ3v) is 6.40. The number of nitrogens with one attached hydrogen (secondary N) is 1. The summed E-state index contributed by atoms with van der Waals surface area (Å²) in [6.45, 7) is 0.792. The fraction of sp³-hybridized carbons (Fsp3) is 0.208. The highest BCUT2D eigenvalue weighted by atomic mass is 32.1. The summed E-state index contributed by atoms with van der Waals surface area (Å²) in [5.74, 6) is -1.81. The molecular weight excluding hydrogens is 440 g/mol. The van der Waals surface area contributed by atoms with Crippen LogP contribution in [0.5, 0.6) is 0 Å². The first kappa shape index (κ1) is 22.2. The summed E-state index contributed by atoms with van der Waals surface area (Å²) < 4.78 is 0. The second-order valence-electron chi connectivity index (χ2n) is 7.61. The maximum absolute atomic E-state index is 12.7. The molecule has 0 unspecified atom stereocenters. The molecule has 1 saturated heterocycles. The van der Waals surface area contributed by atoms with Crippen molar-refractivity contribution >= 4 is 34.3 Å². The largest absolute Gasteiger partial charge is 0.481 e. The van der Waals surface area contributed by atoms with Gasteiger partial charge in [-0.3, -0.25) is 19.7 Å². The van der Waals surface area contributed by atoms with Crippen LogP contribution < -0.4 is 5.32 Å². The van der Waals surface area contributed by atoms with E-state index in [4.69, 9.17) is 5.11 Å². The zero-order valence-corrected chi connectivity index (χ0v) is 18.3. The number of thiazole rings is 1. The molecule has 0 aliphatic carbocycles. The molecule has 4 rings (SSSR count). The Morgan fingerprint density at radius 3 is 2.27 bits per heavy atom. The highest BCUT2D eigenvalue weighted by Gasteiger charge is 2.27. The highest BCUT2D eigenvalue weighted by Crippen LogP contribution is 2.30. The normalized spacial score (nSPS) is 13.8. The minimum atomic E-state index is -0.824. The topological polar surface area (TPSA) is 123 Å². The molecule has 0 spiro atoms. The molecule has 1 aromatic heterocycles. The van der Waals surface area contributed by atoms with Crippen LogP contribution in [0.1, 0.15) is 38.4 Å². The molecule has 2 N–H and O–H groups in total. The molecule has 0 atom stereocenters. The Bertz CT molecular complexity index is 1220. The van der Waals surface area contributed by atoms with E-state index in [1.807, 2.05) is 30.3 Å². The second kappa shape index (κ2) is 9.63. The standard InChI is InChI=1S/C24H20N4O4S/c25-14-19-20(15-4-2-1-3-5-15)26-24(33-19)27-21(29)16-6-8-17(9-7-16)22(30)28-12-10-18(11-13-28)23(31)32/h1-9,18H,10-13H2,(H,31,32)(H,26,27,29). The zero-order valence-electron chi connectivity index (χ0n) is 17.5. The molecule has 33 heavy (non-hydrogen) atoms. The van der Waals surface area contributed by atoms with Gasteiger partial charge >= 0.3 is 5.97 Å². The lowest BCUT2D eigenvalue weighted by Crippen LogP contribution is -2.40. The number of rotatable bonds is 5. The predicted octanol–water partition coefficient (Wildman–Crippen LogP) is 3.87. The number of benzene rings is 2. The Hall–Kier alpha value is -4.03. The Labute approximate surface area is 194 Å². The van der Waals surface area contributed by atoms with E-state index in [-0.39, 0.29) is 5.91 Å². The zero-order chi connectivity index (χ0) is 23.4. The first-order chi connectivity index (χ1) is 16.0. The monoisotopic (exact) mass is 460 g/mol. The van der Waals surface area contributed by atoms with Gasteiger partial charge in [0.2, 0.25) is 0 Å². The van der Waals surface area contributed by atoms with Crippen LogP contribution in [0.15, 0.2) is 54.6 Å². The fourth-order valence-corrected chi connectivity index (χ4v) is 4.47. The van der Waals surface area contributed by atoms with E-state index in [1.54, 1.807) is 29.2 Å². The smallest absolute Gasteiger partial charge is 0.306 e. The third-order valence-electron chi connectivity index (χ3n) is 5.52. The number of carboxylic acids is 1. The molecule has 0 radical (unpaired) electrons. The van der Waals surface area contributed by atoms with Crippen molar-refractivity contribution in [3.05, 3.63) is 70.6 Å². The van der Waals surface area contributed by atoms with E-state index in [0.29, 0.717) is 52.8 Å². The molecule has 0 bridgehead atoms. The number of anilines is 1. The van der Waals surface area contributed by atoms with E-state index < -0.39 is 17.8 Å². The lowest BCUT2D eigenvalue weighted by Gasteiger charge is -2.30. The van der Waals surface area contributed by atoms with Gasteiger partial charge in [-0.25, -0.2) is 4.98 Å². The maximum Gasteiger partial charge on any atom is 0.306 e. The average Bonchev–Trinajstić information content (AvgIpc) is 3.27. The molecule has 0 saturated carbocycles. The third kappa shape index (κ3) is 4.91. The van der Waals surface area contributed by atoms with Crippen molar-refractivity contribution in [1.82, 2.24) is 9.88 Å². The molecule has 2 aromatic carbocycles. The van der Waals surface area contributed by atoms with Gasteiger partial charge in [0.1, 0.15) is 16.6 Å². The number of aromatic nitrogens is 1. The van der Waals surface area contributed by atoms with Gasteiger partial charge in [0.15, 0.2) is 5.13 Å². The minimum Gasteiger partial charge on any atom is -0.481 e. The van der Waals surface area contributed by atoms with Crippen molar-refractivity contribution in [2.75, 3.05) is 18.4 Å². The molecule has 1 aliphatic heterocycles. The molecule has 9 heteroatoms. The molecule has 1 aliphatic rings. The number of likely N-dealkylation sites (tertiary alicyclic amines) is 1. The van der Waals surface area contributed by atoms with Gasteiger partial charge in [0, 0.05) is 29.8 Å². The summed E-state index contributed by atoms with van der Waals surface area (Å²) in [5.41, 5.74) is 2.10. The van der Waals surface area contributed by atoms with Crippen molar-refractivity contribution < 1.29 is 19.5 Å². The SMILES string of the molecule is N#Cc1sc(NC(=O)c2ccc(C(=O)N3CCC(C(=O)O)CC3)cc2)nc1-c1ccccc1. The Balaban J connectivity index is 1.42. The summed E-state index contributed by atoms with van der Waals surface area (Å²) in [6.07, 6.45) is 0.871. The van der Waals surface area contributed by atoms with E-state index in [1.165, 1.54) is 0 Å². The van der Waals surface area contributed by atoms with Gasteiger partial charge in [-0.15, -0.1) is 0 Å². The lowest BCUT2D eigenvalue weighted by atomic mass is 9.96. The molecular formula is C24H20N4O4S. The number of nitriles is 1. The van der Waals surface area contributed by atoms with Crippen LogP contribution in [0.25, 0.3) is 11.3 Å². The van der Waals surface area contributed by atoms with Crippen LogP contribution in [0.4, 0.5) is 5.13 Å². The number of carboxylic acid groups (broad SMARTS) is 1. The van der Waals surface area contributed by atoms with Gasteiger partial charge in [0.05, 0.1) is 5.92 Å². The molecule has 2 amide bonds. The second-order valence-corrected chi connectivity index (χ2v) is 8.61. The molecule has 2 heterocycles. The van der Waals surface area contributed by atoms with E-state index in [2.05, 4.69) is 16.4 Å². The number of aliphatic carboxylic acids is 1. The number of carbonyl (C=O) groups is 3. The Morgan fingerprint density at radius 2 is 1.67 bits per heavy atom. The van der Waals surface area contributed by atoms with Gasteiger partial charge in [-0.05, 0) is 37.1 Å². The molecule has 3 aromatic rings. The maximum atomic E-state index is 12.7. The van der Waals surface area contributed by atoms with E-state index in [0.717, 1.165) is 16.9 Å². The lowest BCUT2D eigenvalue weighted by molar-refractivity contribution is -0.143. The Kier molecular flexibility index (Phi) is 6.47. The van der Waals surface area contributed by atoms with Crippen LogP contribution in [0.2, 0.25) is 0 Å². The number of amides is 2. The minimum absolute atomic E-state index is 0.183. The predicted molar refractivity (Wildman–Crippen MR) is 123 cm³/mol. The molecule has 8 nitrogen and oxygen atoms in total. The van der Waals surface area contributed by atoms with E-state index >= 15 is 0 Å². The van der Waals surface area contributed by atoms with Crippen molar-refractivity contribution in [2.24, 2.45) is 5.92 Å². The number of carbonyl (C=O) groups excluding carboxylic acids is 2. The summed E-state index contributed by atoms with van der Waals surface area (Å²) in [6, 6.07) is 17.7. The van der Waals surface area contributed by atoms with Gasteiger partial charge < -0.3 is 10.0 Å². The summed E-state index contributed by atoms with van der Waals surface area (Å²) in [4.78, 5) is 42.9. The van der Waals surface area contributed by atoms with Crippen molar-refractivity contribution in [3.63, 3.8) is 0 Å². The first-order valence-electron chi connectivity index (χ1n) is 10.4. The van der Waals surface area contributed by atoms with Crippen molar-refractivity contribution in [3.8, 4) is 17.3 Å². The summed E-state index contributed by atoms with van der Waals surface area (Å²) in [5, 5.41) is 21.5. The quantitative estimate of drug-likeness (QED) is 0.596. The van der Waals surface area contributed by atoms with Crippen LogP contribution in [0, 0.1) is 17.2 Å². The van der Waals surface area contributed by atoms with Crippen LogP contribution in [0.3, 0.4) is 0 Å². The van der Waals surface area contributed by atoms with Gasteiger partial charge in [-0.2, -0.15) is 5.26 Å². The number of hydrogen-bond donors (Lipinski definition) is 2. The van der Waals surface area contributed by atoms with Crippen LogP contribution in [-0.4, -0.2) is 45.9 Å². The summed E-state index contributed by atoms with van der Waals surface area (Å²) in [7, 11) is 0. The first-order valence-corrected chi connectivity index (χ1v) is 11.2. The molecule has 166 valence electrons. The Morgan fingerprint density at radius 1 is 1.03 bits per heavy atom. The highest BCUT2D eigenvalue weighted by molar-refractivity contribution is 7.16. The van der Waals surface area contributed by atoms with Gasteiger partial charge in [-0.1, -0.05) is 41.7 Å². The average molecular weight is 461 g/mol. The fourth-order valence-electron chi connectivity index (χ4n) is 3.69. The molecule has 1 fully saturated rings. The van der Waals surface area contributed by atoms with Crippen LogP contribution >= 0.6 is 11.3 Å². The summed E-state index contributed by atoms with van der Waals surface area (Å²) >= 11 is 1.10.